The minimum atomic E-state index is -0.0718. The van der Waals surface area contributed by atoms with Crippen LogP contribution in [0.25, 0.3) is 72.8 Å². The Labute approximate surface area is 266 Å². The molecule has 8 aromatic rings. The van der Waals surface area contributed by atoms with Gasteiger partial charge in [-0.3, -0.25) is 4.57 Å². The highest BCUT2D eigenvalue weighted by Gasteiger charge is 2.36. The number of hydrogen-bond donors (Lipinski definition) is 0. The third kappa shape index (κ3) is 4.02. The topological polar surface area (TPSA) is 56.5 Å². The summed E-state index contributed by atoms with van der Waals surface area (Å²) < 4.78 is 2.23. The van der Waals surface area contributed by atoms with Gasteiger partial charge in [-0.05, 0) is 46.5 Å². The zero-order valence-corrected chi connectivity index (χ0v) is 25.5. The standard InChI is InChI=1S/C41H29N5/c1-41(2)32-19-11-9-17-28(32)30-22-38-31(21-33(30)41)29-18-10-12-20-37(29)46(38)39-25-42-36(24-43-39)40-44-34(26-13-5-3-6-14-26)23-35(45-40)27-15-7-4-8-16-27/h3-25H,1-2H3. The lowest BCUT2D eigenvalue weighted by molar-refractivity contribution is 0.661. The molecule has 0 saturated carbocycles. The number of para-hydroxylation sites is 1. The van der Waals surface area contributed by atoms with Gasteiger partial charge in [0, 0.05) is 27.3 Å². The Morgan fingerprint density at radius 3 is 1.85 bits per heavy atom. The molecular weight excluding hydrogens is 562 g/mol. The van der Waals surface area contributed by atoms with E-state index in [1.54, 1.807) is 6.20 Å². The summed E-state index contributed by atoms with van der Waals surface area (Å²) in [5.41, 5.74) is 11.8. The zero-order chi connectivity index (χ0) is 30.8. The van der Waals surface area contributed by atoms with Crippen molar-refractivity contribution in [3.8, 4) is 51.0 Å². The number of fused-ring (bicyclic) bond motifs is 6. The fourth-order valence-corrected chi connectivity index (χ4v) is 7.04. The van der Waals surface area contributed by atoms with Crippen molar-refractivity contribution < 1.29 is 0 Å². The molecule has 3 heterocycles. The fourth-order valence-electron chi connectivity index (χ4n) is 7.04. The monoisotopic (exact) mass is 591 g/mol. The summed E-state index contributed by atoms with van der Waals surface area (Å²) in [6.45, 7) is 4.65. The molecule has 0 N–H and O–H groups in total. The molecule has 0 bridgehead atoms. The third-order valence-corrected chi connectivity index (χ3v) is 9.34. The first-order chi connectivity index (χ1) is 22.6. The van der Waals surface area contributed by atoms with Crippen LogP contribution in [0.3, 0.4) is 0 Å². The van der Waals surface area contributed by atoms with Crippen molar-refractivity contribution >= 4 is 21.8 Å². The highest BCUT2D eigenvalue weighted by atomic mass is 15.1. The molecule has 0 aliphatic heterocycles. The first kappa shape index (κ1) is 26.5. The molecule has 3 aromatic heterocycles. The SMILES string of the molecule is CC1(C)c2ccccc2-c2cc3c(cc21)c1ccccc1n3-c1cnc(-c2nc(-c3ccccc3)cc(-c3ccccc3)n2)cn1. The van der Waals surface area contributed by atoms with Crippen LogP contribution in [0, 0.1) is 0 Å². The molecule has 9 rings (SSSR count). The van der Waals surface area contributed by atoms with E-state index < -0.39 is 0 Å². The van der Waals surface area contributed by atoms with E-state index in [4.69, 9.17) is 19.9 Å². The van der Waals surface area contributed by atoms with Crippen molar-refractivity contribution in [3.05, 3.63) is 151 Å². The van der Waals surface area contributed by atoms with Crippen LogP contribution in [0.4, 0.5) is 0 Å². The molecule has 218 valence electrons. The van der Waals surface area contributed by atoms with Gasteiger partial charge in [-0.25, -0.2) is 19.9 Å². The van der Waals surface area contributed by atoms with E-state index in [0.29, 0.717) is 11.5 Å². The van der Waals surface area contributed by atoms with Gasteiger partial charge in [-0.1, -0.05) is 117 Å². The van der Waals surface area contributed by atoms with E-state index in [1.165, 1.54) is 33.0 Å². The van der Waals surface area contributed by atoms with Crippen LogP contribution in [0.1, 0.15) is 25.0 Å². The third-order valence-electron chi connectivity index (χ3n) is 9.34. The van der Waals surface area contributed by atoms with Crippen LogP contribution in [0.5, 0.6) is 0 Å². The normalized spacial score (nSPS) is 13.2. The lowest BCUT2D eigenvalue weighted by atomic mass is 9.82. The van der Waals surface area contributed by atoms with Crippen LogP contribution in [0.2, 0.25) is 0 Å². The van der Waals surface area contributed by atoms with Crippen molar-refractivity contribution in [2.75, 3.05) is 0 Å². The Hall–Kier alpha value is -5.94. The Morgan fingerprint density at radius 1 is 0.500 bits per heavy atom. The van der Waals surface area contributed by atoms with Crippen molar-refractivity contribution in [3.63, 3.8) is 0 Å². The summed E-state index contributed by atoms with van der Waals surface area (Å²) in [6.07, 6.45) is 3.63. The molecule has 5 aromatic carbocycles. The Balaban J connectivity index is 1.21. The van der Waals surface area contributed by atoms with Crippen LogP contribution in [-0.2, 0) is 5.41 Å². The van der Waals surface area contributed by atoms with E-state index in [0.717, 1.165) is 39.4 Å². The molecule has 0 saturated heterocycles. The Kier molecular flexibility index (Phi) is 5.78. The van der Waals surface area contributed by atoms with Crippen LogP contribution >= 0.6 is 0 Å². The smallest absolute Gasteiger partial charge is 0.180 e. The first-order valence-electron chi connectivity index (χ1n) is 15.6. The maximum Gasteiger partial charge on any atom is 0.180 e. The van der Waals surface area contributed by atoms with Gasteiger partial charge >= 0.3 is 0 Å². The molecule has 1 aliphatic carbocycles. The number of hydrogen-bond acceptors (Lipinski definition) is 4. The maximum absolute atomic E-state index is 4.99. The molecule has 0 atom stereocenters. The molecule has 0 unspecified atom stereocenters. The van der Waals surface area contributed by atoms with Gasteiger partial charge in [0.2, 0.25) is 0 Å². The summed E-state index contributed by atoms with van der Waals surface area (Å²) in [5, 5.41) is 2.41. The van der Waals surface area contributed by atoms with Gasteiger partial charge < -0.3 is 0 Å². The second kappa shape index (κ2) is 10.0. The molecule has 0 fully saturated rings. The van der Waals surface area contributed by atoms with E-state index in [2.05, 4.69) is 103 Å². The van der Waals surface area contributed by atoms with Crippen molar-refractivity contribution in [2.24, 2.45) is 0 Å². The average molecular weight is 592 g/mol. The summed E-state index contributed by atoms with van der Waals surface area (Å²) in [7, 11) is 0. The second-order valence-corrected chi connectivity index (χ2v) is 12.4. The van der Waals surface area contributed by atoms with Gasteiger partial charge in [-0.2, -0.15) is 0 Å². The van der Waals surface area contributed by atoms with E-state index in [9.17, 15) is 0 Å². The average Bonchev–Trinajstić information content (AvgIpc) is 3.56. The Bertz CT molecular complexity index is 2370. The molecule has 0 amide bonds. The highest BCUT2D eigenvalue weighted by Crippen LogP contribution is 2.50. The minimum absolute atomic E-state index is 0.0718. The first-order valence-corrected chi connectivity index (χ1v) is 15.6. The Morgan fingerprint density at radius 2 is 1.15 bits per heavy atom. The van der Waals surface area contributed by atoms with Gasteiger partial charge in [0.15, 0.2) is 11.6 Å². The summed E-state index contributed by atoms with van der Waals surface area (Å²) in [4.78, 5) is 19.8. The summed E-state index contributed by atoms with van der Waals surface area (Å²) in [6, 6.07) is 44.4. The molecule has 0 spiro atoms. The number of aromatic nitrogens is 5. The molecule has 0 radical (unpaired) electrons. The predicted octanol–water partition coefficient (Wildman–Crippen LogP) is 9.67. The summed E-state index contributed by atoms with van der Waals surface area (Å²) >= 11 is 0. The van der Waals surface area contributed by atoms with Crippen LogP contribution < -0.4 is 0 Å². The highest BCUT2D eigenvalue weighted by molar-refractivity contribution is 6.11. The molecular formula is C41H29N5. The number of benzene rings is 5. The van der Waals surface area contributed by atoms with Gasteiger partial charge in [-0.15, -0.1) is 0 Å². The van der Waals surface area contributed by atoms with E-state index in [-0.39, 0.29) is 5.41 Å². The van der Waals surface area contributed by atoms with Crippen LogP contribution in [0.15, 0.2) is 140 Å². The molecule has 5 nitrogen and oxygen atoms in total. The number of rotatable bonds is 4. The van der Waals surface area contributed by atoms with Gasteiger partial charge in [0.05, 0.1) is 34.8 Å². The van der Waals surface area contributed by atoms with Gasteiger partial charge in [0.1, 0.15) is 5.69 Å². The van der Waals surface area contributed by atoms with Crippen LogP contribution in [-0.4, -0.2) is 24.5 Å². The minimum Gasteiger partial charge on any atom is -0.292 e. The van der Waals surface area contributed by atoms with Crippen molar-refractivity contribution in [2.45, 2.75) is 19.3 Å². The quantitative estimate of drug-likeness (QED) is 0.204. The lowest BCUT2D eigenvalue weighted by Gasteiger charge is -2.21. The van der Waals surface area contributed by atoms with E-state index in [1.807, 2.05) is 48.7 Å². The molecule has 46 heavy (non-hydrogen) atoms. The predicted molar refractivity (Wildman–Crippen MR) is 186 cm³/mol. The zero-order valence-electron chi connectivity index (χ0n) is 25.5. The van der Waals surface area contributed by atoms with Gasteiger partial charge in [0.25, 0.3) is 0 Å². The van der Waals surface area contributed by atoms with E-state index >= 15 is 0 Å². The molecule has 5 heteroatoms. The maximum atomic E-state index is 4.99. The summed E-state index contributed by atoms with van der Waals surface area (Å²) in [5.74, 6) is 1.29. The second-order valence-electron chi connectivity index (χ2n) is 12.4. The van der Waals surface area contributed by atoms with Crippen molar-refractivity contribution in [1.82, 2.24) is 24.5 Å². The fraction of sp³-hybridized carbons (Fsp3) is 0.0732. The largest absolute Gasteiger partial charge is 0.292 e. The molecule has 1 aliphatic rings. The lowest BCUT2D eigenvalue weighted by Crippen LogP contribution is -2.14. The van der Waals surface area contributed by atoms with Crippen molar-refractivity contribution in [1.29, 1.82) is 0 Å². The number of nitrogens with zero attached hydrogens (tertiary/aromatic N) is 5.